The number of aromatic nitrogens is 5. The van der Waals surface area contributed by atoms with Crippen LogP contribution in [0.15, 0.2) is 12.4 Å². The molecule has 2 rings (SSSR count). The quantitative estimate of drug-likeness (QED) is 0.812. The predicted octanol–water partition coefficient (Wildman–Crippen LogP) is 0.978. The van der Waals surface area contributed by atoms with Gasteiger partial charge in [-0.3, -0.25) is 0 Å². The summed E-state index contributed by atoms with van der Waals surface area (Å²) in [5.74, 6) is 2.07. The average Bonchev–Trinajstić information content (AvgIpc) is 2.61. The maximum Gasteiger partial charge on any atom is 0.180 e. The zero-order chi connectivity index (χ0) is 11.7. The molecule has 0 atom stereocenters. The summed E-state index contributed by atoms with van der Waals surface area (Å²) in [4.78, 5) is 12.6. The largest absolute Gasteiger partial charge is 0.382 e. The van der Waals surface area contributed by atoms with Gasteiger partial charge in [-0.1, -0.05) is 13.8 Å². The number of anilines is 1. The van der Waals surface area contributed by atoms with Crippen molar-refractivity contribution in [2.75, 3.05) is 5.73 Å². The Bertz CT molecular complexity index is 502. The lowest BCUT2D eigenvalue weighted by Crippen LogP contribution is -2.01. The molecule has 0 unspecified atom stereocenters. The van der Waals surface area contributed by atoms with Crippen molar-refractivity contribution in [3.63, 3.8) is 0 Å². The van der Waals surface area contributed by atoms with Crippen LogP contribution in [-0.4, -0.2) is 24.7 Å². The van der Waals surface area contributed by atoms with E-state index in [9.17, 15) is 0 Å². The lowest BCUT2D eigenvalue weighted by molar-refractivity contribution is 0.711. The van der Waals surface area contributed by atoms with Gasteiger partial charge < -0.3 is 5.73 Å². The van der Waals surface area contributed by atoms with Crippen LogP contribution in [0.5, 0.6) is 0 Å². The summed E-state index contributed by atoms with van der Waals surface area (Å²) in [6, 6.07) is 0. The van der Waals surface area contributed by atoms with Gasteiger partial charge in [-0.15, -0.1) is 0 Å². The molecule has 6 nitrogen and oxygen atoms in total. The smallest absolute Gasteiger partial charge is 0.180 e. The van der Waals surface area contributed by atoms with Crippen LogP contribution < -0.4 is 5.73 Å². The summed E-state index contributed by atoms with van der Waals surface area (Å²) in [5.41, 5.74) is 6.33. The van der Waals surface area contributed by atoms with Crippen molar-refractivity contribution in [1.82, 2.24) is 24.7 Å². The fraction of sp³-hybridized carbons (Fsp3) is 0.400. The Kier molecular flexibility index (Phi) is 2.55. The first-order valence-electron chi connectivity index (χ1n) is 5.07. The van der Waals surface area contributed by atoms with Crippen molar-refractivity contribution in [3.05, 3.63) is 18.2 Å². The van der Waals surface area contributed by atoms with E-state index in [-0.39, 0.29) is 5.92 Å². The van der Waals surface area contributed by atoms with Crippen LogP contribution in [0.4, 0.5) is 5.82 Å². The maximum absolute atomic E-state index is 5.75. The molecule has 0 spiro atoms. The zero-order valence-corrected chi connectivity index (χ0v) is 9.55. The molecule has 2 heterocycles. The van der Waals surface area contributed by atoms with Crippen molar-refractivity contribution < 1.29 is 0 Å². The molecule has 0 aliphatic carbocycles. The van der Waals surface area contributed by atoms with Crippen LogP contribution in [-0.2, 0) is 7.05 Å². The van der Waals surface area contributed by atoms with Gasteiger partial charge in [0, 0.05) is 25.4 Å². The molecular weight excluding hydrogens is 204 g/mol. The topological polar surface area (TPSA) is 82.5 Å². The lowest BCUT2D eigenvalue weighted by atomic mass is 10.2. The molecule has 2 N–H and O–H groups in total. The van der Waals surface area contributed by atoms with Crippen molar-refractivity contribution in [2.24, 2.45) is 7.05 Å². The molecule has 2 aromatic rings. The predicted molar refractivity (Wildman–Crippen MR) is 60.5 cm³/mol. The first-order chi connectivity index (χ1) is 7.59. The molecule has 0 aromatic carbocycles. The molecule has 0 saturated carbocycles. The summed E-state index contributed by atoms with van der Waals surface area (Å²) in [6.07, 6.45) is 3.15. The molecule has 0 amide bonds. The minimum absolute atomic E-state index is 0.276. The molecule has 16 heavy (non-hydrogen) atoms. The summed E-state index contributed by atoms with van der Waals surface area (Å²) in [6.45, 7) is 4.08. The Morgan fingerprint density at radius 1 is 1.25 bits per heavy atom. The molecule has 0 fully saturated rings. The second-order valence-corrected chi connectivity index (χ2v) is 3.86. The van der Waals surface area contributed by atoms with E-state index in [1.165, 1.54) is 0 Å². The van der Waals surface area contributed by atoms with Gasteiger partial charge in [-0.2, -0.15) is 5.10 Å². The molecule has 0 aliphatic rings. The molecule has 0 bridgehead atoms. The molecular formula is C10H14N6. The average molecular weight is 218 g/mol. The number of hydrogen-bond acceptors (Lipinski definition) is 5. The Morgan fingerprint density at radius 3 is 2.50 bits per heavy atom. The normalized spacial score (nSPS) is 11.0. The summed E-state index contributed by atoms with van der Waals surface area (Å²) in [7, 11) is 1.82. The van der Waals surface area contributed by atoms with Gasteiger partial charge in [0.2, 0.25) is 0 Å². The first kappa shape index (κ1) is 10.5. The number of aryl methyl sites for hydroxylation is 1. The minimum Gasteiger partial charge on any atom is -0.382 e. The van der Waals surface area contributed by atoms with Gasteiger partial charge in [0.25, 0.3) is 0 Å². The second kappa shape index (κ2) is 3.88. The summed E-state index contributed by atoms with van der Waals surface area (Å²) in [5, 5.41) is 4.31. The highest BCUT2D eigenvalue weighted by Crippen LogP contribution is 2.20. The third-order valence-electron chi connectivity index (χ3n) is 2.23. The third-order valence-corrected chi connectivity index (χ3v) is 2.23. The van der Waals surface area contributed by atoms with Gasteiger partial charge >= 0.3 is 0 Å². The van der Waals surface area contributed by atoms with Crippen LogP contribution in [0.25, 0.3) is 11.5 Å². The SMILES string of the molecule is CC(C)c1nc(-c2nccnc2N)n(C)n1. The summed E-state index contributed by atoms with van der Waals surface area (Å²) >= 11 is 0. The fourth-order valence-corrected chi connectivity index (χ4v) is 1.38. The Labute approximate surface area is 93.6 Å². The second-order valence-electron chi connectivity index (χ2n) is 3.86. The molecule has 0 aliphatic heterocycles. The van der Waals surface area contributed by atoms with Crippen LogP contribution in [0, 0.1) is 0 Å². The van der Waals surface area contributed by atoms with Gasteiger partial charge in [-0.25, -0.2) is 19.6 Å². The number of nitrogen functional groups attached to an aromatic ring is 1. The highest BCUT2D eigenvalue weighted by Gasteiger charge is 2.15. The van der Waals surface area contributed by atoms with Crippen molar-refractivity contribution in [1.29, 1.82) is 0 Å². The Morgan fingerprint density at radius 2 is 1.94 bits per heavy atom. The van der Waals surface area contributed by atoms with Gasteiger partial charge in [0.1, 0.15) is 5.69 Å². The van der Waals surface area contributed by atoms with Crippen LogP contribution in [0.1, 0.15) is 25.6 Å². The van der Waals surface area contributed by atoms with E-state index < -0.39 is 0 Å². The van der Waals surface area contributed by atoms with Crippen LogP contribution in [0.3, 0.4) is 0 Å². The number of nitrogens with zero attached hydrogens (tertiary/aromatic N) is 5. The molecule has 84 valence electrons. The zero-order valence-electron chi connectivity index (χ0n) is 9.55. The standard InChI is InChI=1S/C10H14N6/c1-6(2)9-14-10(16(3)15-9)7-8(11)13-5-4-12-7/h4-6H,1-3H3,(H2,11,13). The van der Waals surface area contributed by atoms with Crippen molar-refractivity contribution in [2.45, 2.75) is 19.8 Å². The van der Waals surface area contributed by atoms with Crippen molar-refractivity contribution >= 4 is 5.82 Å². The van der Waals surface area contributed by atoms with Crippen LogP contribution in [0.2, 0.25) is 0 Å². The van der Waals surface area contributed by atoms with E-state index >= 15 is 0 Å². The third kappa shape index (κ3) is 1.73. The van der Waals surface area contributed by atoms with Gasteiger partial charge in [0.05, 0.1) is 0 Å². The van der Waals surface area contributed by atoms with E-state index in [2.05, 4.69) is 20.1 Å². The number of rotatable bonds is 2. The van der Waals surface area contributed by atoms with Crippen molar-refractivity contribution in [3.8, 4) is 11.5 Å². The van der Waals surface area contributed by atoms with E-state index in [4.69, 9.17) is 5.73 Å². The van der Waals surface area contributed by atoms with Crippen LogP contribution >= 0.6 is 0 Å². The molecule has 0 radical (unpaired) electrons. The van der Waals surface area contributed by atoms with E-state index in [1.807, 2.05) is 20.9 Å². The maximum atomic E-state index is 5.75. The van der Waals surface area contributed by atoms with Gasteiger partial charge in [-0.05, 0) is 0 Å². The monoisotopic (exact) mass is 218 g/mol. The Hall–Kier alpha value is -1.98. The van der Waals surface area contributed by atoms with E-state index in [1.54, 1.807) is 17.1 Å². The Balaban J connectivity index is 2.52. The highest BCUT2D eigenvalue weighted by molar-refractivity contribution is 5.62. The molecule has 2 aromatic heterocycles. The van der Waals surface area contributed by atoms with E-state index in [0.717, 1.165) is 5.82 Å². The molecule has 0 saturated heterocycles. The number of nitrogens with two attached hydrogens (primary N) is 1. The minimum atomic E-state index is 0.276. The lowest BCUT2D eigenvalue weighted by Gasteiger charge is -2.00. The van der Waals surface area contributed by atoms with E-state index in [0.29, 0.717) is 17.3 Å². The molecule has 6 heteroatoms. The number of hydrogen-bond donors (Lipinski definition) is 1. The first-order valence-corrected chi connectivity index (χ1v) is 5.07. The summed E-state index contributed by atoms with van der Waals surface area (Å²) < 4.78 is 1.68. The fourth-order valence-electron chi connectivity index (χ4n) is 1.38. The highest BCUT2D eigenvalue weighted by atomic mass is 15.3. The van der Waals surface area contributed by atoms with Gasteiger partial charge in [0.15, 0.2) is 17.5 Å².